The van der Waals surface area contributed by atoms with E-state index in [1.54, 1.807) is 0 Å². The van der Waals surface area contributed by atoms with Crippen LogP contribution in [0, 0.1) is 0 Å². The molecule has 9 heavy (non-hydrogen) atoms. The molecule has 0 aliphatic carbocycles. The molecule has 1 aliphatic heterocycles. The molecule has 0 unspecified atom stereocenters. The van der Waals surface area contributed by atoms with Crippen molar-refractivity contribution < 1.29 is 4.84 Å². The van der Waals surface area contributed by atoms with Crippen molar-refractivity contribution in [2.75, 3.05) is 0 Å². The molecule has 0 saturated carbocycles. The molecule has 0 aromatic rings. The van der Waals surface area contributed by atoms with E-state index in [9.17, 15) is 0 Å². The number of halogens is 3. The topological polar surface area (TPSA) is 12.5 Å². The van der Waals surface area contributed by atoms with Crippen LogP contribution in [-0.4, -0.2) is 4.58 Å². The van der Waals surface area contributed by atoms with Crippen molar-refractivity contribution in [3.63, 3.8) is 0 Å². The van der Waals surface area contributed by atoms with Gasteiger partial charge in [0.2, 0.25) is 5.22 Å². The van der Waals surface area contributed by atoms with Crippen molar-refractivity contribution in [2.24, 2.45) is 0 Å². The molecule has 1 heterocycles. The van der Waals surface area contributed by atoms with E-state index in [4.69, 9.17) is 35.0 Å². The van der Waals surface area contributed by atoms with Crippen LogP contribution in [0.5, 0.6) is 0 Å². The Balaban J connectivity index is 2.74. The van der Waals surface area contributed by atoms with E-state index in [-0.39, 0.29) is 5.22 Å². The van der Waals surface area contributed by atoms with Crippen LogP contribution >= 0.6 is 35.0 Å². The van der Waals surface area contributed by atoms with Gasteiger partial charge in [-0.2, -0.15) is 0 Å². The van der Waals surface area contributed by atoms with Gasteiger partial charge in [-0.15, -0.1) is 4.58 Å². The van der Waals surface area contributed by atoms with E-state index < -0.39 is 0 Å². The fourth-order valence-electron chi connectivity index (χ4n) is 0.379. The maximum Gasteiger partial charge on any atom is 0.224 e. The first kappa shape index (κ1) is 7.06. The number of hydroxylamine groups is 1. The van der Waals surface area contributed by atoms with Gasteiger partial charge in [0, 0.05) is 6.08 Å². The van der Waals surface area contributed by atoms with Gasteiger partial charge in [0.25, 0.3) is 0 Å². The smallest absolute Gasteiger partial charge is 0.224 e. The van der Waals surface area contributed by atoms with Crippen LogP contribution in [0.4, 0.5) is 0 Å². The van der Waals surface area contributed by atoms with Crippen molar-refractivity contribution in [1.29, 1.82) is 0 Å². The van der Waals surface area contributed by atoms with Gasteiger partial charge in [0.1, 0.15) is 0 Å². The lowest BCUT2D eigenvalue weighted by Crippen LogP contribution is -2.06. The van der Waals surface area contributed by atoms with E-state index in [0.29, 0.717) is 5.03 Å². The van der Waals surface area contributed by atoms with Crippen LogP contribution in [0.15, 0.2) is 22.5 Å². The van der Waals surface area contributed by atoms with Crippen molar-refractivity contribution in [3.05, 3.63) is 22.5 Å². The maximum atomic E-state index is 5.50. The quantitative estimate of drug-likeness (QED) is 0.539. The standard InChI is InChI=1S/C4H2Cl3NO/c5-3-1-4(6)9-8(7)2-3/h1-2H. The monoisotopic (exact) mass is 185 g/mol. The fraction of sp³-hybridized carbons (Fsp3) is 0. The number of rotatable bonds is 0. The van der Waals surface area contributed by atoms with E-state index in [0.717, 1.165) is 4.58 Å². The molecule has 1 aliphatic rings. The lowest BCUT2D eigenvalue weighted by molar-refractivity contribution is 0.0206. The molecule has 0 saturated heterocycles. The minimum Gasteiger partial charge on any atom is -0.352 e. The zero-order valence-corrected chi connectivity index (χ0v) is 6.41. The van der Waals surface area contributed by atoms with Crippen LogP contribution in [0.3, 0.4) is 0 Å². The Morgan fingerprint density at radius 2 is 2.11 bits per heavy atom. The maximum absolute atomic E-state index is 5.50. The average Bonchev–Trinajstić information content (AvgIpc) is 1.59. The van der Waals surface area contributed by atoms with Crippen molar-refractivity contribution in [2.45, 2.75) is 0 Å². The first-order chi connectivity index (χ1) is 4.18. The lowest BCUT2D eigenvalue weighted by Gasteiger charge is -2.13. The molecule has 0 atom stereocenters. The van der Waals surface area contributed by atoms with Crippen molar-refractivity contribution in [3.8, 4) is 0 Å². The highest BCUT2D eigenvalue weighted by Gasteiger charge is 2.06. The molecule has 0 N–H and O–H groups in total. The highest BCUT2D eigenvalue weighted by Crippen LogP contribution is 2.21. The normalized spacial score (nSPS) is 18.3. The third-order valence-electron chi connectivity index (χ3n) is 0.651. The summed E-state index contributed by atoms with van der Waals surface area (Å²) in [4.78, 5) is 4.62. The first-order valence-electron chi connectivity index (χ1n) is 2.06. The SMILES string of the molecule is ClC1=CN(Cl)OC(Cl)=C1. The predicted molar refractivity (Wildman–Crippen MR) is 36.6 cm³/mol. The number of nitrogens with zero attached hydrogens (tertiary/aromatic N) is 1. The molecule has 50 valence electrons. The number of allylic oxidation sites excluding steroid dienone is 2. The van der Waals surface area contributed by atoms with Gasteiger partial charge in [-0.05, 0) is 11.6 Å². The molecular formula is C4H2Cl3NO. The van der Waals surface area contributed by atoms with Gasteiger partial charge in [-0.1, -0.05) is 11.6 Å². The van der Waals surface area contributed by atoms with Crippen LogP contribution in [-0.2, 0) is 4.84 Å². The third-order valence-corrected chi connectivity index (χ3v) is 1.20. The summed E-state index contributed by atoms with van der Waals surface area (Å²) in [6.45, 7) is 0. The van der Waals surface area contributed by atoms with Gasteiger partial charge in [0.15, 0.2) is 0 Å². The average molecular weight is 186 g/mol. The Labute approximate surface area is 67.3 Å². The highest BCUT2D eigenvalue weighted by molar-refractivity contribution is 6.34. The van der Waals surface area contributed by atoms with Gasteiger partial charge in [-0.25, -0.2) is 0 Å². The molecule has 0 radical (unpaired) electrons. The molecule has 0 bridgehead atoms. The van der Waals surface area contributed by atoms with Gasteiger partial charge in [-0.3, -0.25) is 0 Å². The third kappa shape index (κ3) is 1.97. The molecule has 1 rings (SSSR count). The summed E-state index contributed by atoms with van der Waals surface area (Å²) >= 11 is 16.2. The predicted octanol–water partition coefficient (Wildman–Crippen LogP) is 2.55. The van der Waals surface area contributed by atoms with Crippen LogP contribution in [0.25, 0.3) is 0 Å². The Kier molecular flexibility index (Phi) is 2.11. The summed E-state index contributed by atoms with van der Waals surface area (Å²) in [5.41, 5.74) is 0. The summed E-state index contributed by atoms with van der Waals surface area (Å²) in [6.07, 6.45) is 2.83. The Hall–Kier alpha value is -0.0500. The van der Waals surface area contributed by atoms with E-state index >= 15 is 0 Å². The molecular weight excluding hydrogens is 184 g/mol. The summed E-state index contributed by atoms with van der Waals surface area (Å²) < 4.78 is 0.907. The Morgan fingerprint density at radius 3 is 2.56 bits per heavy atom. The Bertz CT molecular complexity index is 177. The largest absolute Gasteiger partial charge is 0.352 e. The second-order valence-corrected chi connectivity index (χ2v) is 2.47. The molecule has 0 amide bonds. The van der Waals surface area contributed by atoms with Crippen LogP contribution in [0.1, 0.15) is 0 Å². The summed E-state index contributed by atoms with van der Waals surface area (Å²) in [5.74, 6) is 0. The second-order valence-electron chi connectivity index (χ2n) is 1.33. The first-order valence-corrected chi connectivity index (χ1v) is 3.15. The minimum absolute atomic E-state index is 0.150. The number of hydrogen-bond acceptors (Lipinski definition) is 2. The lowest BCUT2D eigenvalue weighted by atomic mass is 10.5. The second kappa shape index (κ2) is 2.69. The molecule has 0 fully saturated rings. The van der Waals surface area contributed by atoms with Crippen LogP contribution < -0.4 is 0 Å². The van der Waals surface area contributed by atoms with Gasteiger partial charge in [0.05, 0.1) is 23.0 Å². The zero-order valence-electron chi connectivity index (χ0n) is 4.14. The van der Waals surface area contributed by atoms with E-state index in [1.165, 1.54) is 12.3 Å². The summed E-state index contributed by atoms with van der Waals surface area (Å²) in [6, 6.07) is 0. The van der Waals surface area contributed by atoms with Crippen LogP contribution in [0.2, 0.25) is 0 Å². The fourth-order valence-corrected chi connectivity index (χ4v) is 1.08. The van der Waals surface area contributed by atoms with E-state index in [1.807, 2.05) is 0 Å². The molecule has 0 aromatic heterocycles. The number of hydrogen-bond donors (Lipinski definition) is 0. The molecule has 5 heteroatoms. The van der Waals surface area contributed by atoms with Gasteiger partial charge < -0.3 is 4.84 Å². The zero-order chi connectivity index (χ0) is 6.85. The van der Waals surface area contributed by atoms with Crippen molar-refractivity contribution >= 4 is 35.0 Å². The summed E-state index contributed by atoms with van der Waals surface area (Å²) in [5, 5.41) is 0.582. The molecule has 2 nitrogen and oxygen atoms in total. The van der Waals surface area contributed by atoms with E-state index in [2.05, 4.69) is 4.84 Å². The Morgan fingerprint density at radius 1 is 1.44 bits per heavy atom. The highest BCUT2D eigenvalue weighted by atomic mass is 35.5. The van der Waals surface area contributed by atoms with Crippen molar-refractivity contribution in [1.82, 2.24) is 4.58 Å². The minimum atomic E-state index is 0.150. The van der Waals surface area contributed by atoms with Gasteiger partial charge >= 0.3 is 0 Å². The summed E-state index contributed by atoms with van der Waals surface area (Å²) in [7, 11) is 0. The molecule has 0 spiro atoms. The molecule has 0 aromatic carbocycles.